The molecule has 0 spiro atoms. The van der Waals surface area contributed by atoms with Gasteiger partial charge in [0.05, 0.1) is 15.8 Å². The number of pyridine rings is 1. The van der Waals surface area contributed by atoms with Gasteiger partial charge in [0, 0.05) is 22.7 Å². The quantitative estimate of drug-likeness (QED) is 0.400. The minimum absolute atomic E-state index is 0.00643. The van der Waals surface area contributed by atoms with Gasteiger partial charge in [0.15, 0.2) is 0 Å². The predicted octanol–water partition coefficient (Wildman–Crippen LogP) is 4.67. The number of nitro groups is 1. The maximum atomic E-state index is 13.9. The van der Waals surface area contributed by atoms with Gasteiger partial charge < -0.3 is 0 Å². The molecular weight excluding hydrogens is 303 g/mol. The highest BCUT2D eigenvalue weighted by atomic mass is 32.2. The second-order valence-corrected chi connectivity index (χ2v) is 5.52. The molecule has 2 aromatic carbocycles. The SMILES string of the molecule is CSc1ccc(-c2cnc3cccc([N+](=O)[O-])c3c2)cc1F. The lowest BCUT2D eigenvalue weighted by molar-refractivity contribution is -0.383. The number of non-ortho nitro benzene ring substituents is 1. The van der Waals surface area contributed by atoms with Gasteiger partial charge in [-0.25, -0.2) is 4.39 Å². The van der Waals surface area contributed by atoms with Crippen LogP contribution in [-0.4, -0.2) is 16.2 Å². The van der Waals surface area contributed by atoms with Crippen LogP contribution in [0.1, 0.15) is 0 Å². The summed E-state index contributed by atoms with van der Waals surface area (Å²) in [5, 5.41) is 11.6. The van der Waals surface area contributed by atoms with E-state index < -0.39 is 4.92 Å². The van der Waals surface area contributed by atoms with Crippen molar-refractivity contribution in [3.05, 3.63) is 64.6 Å². The minimum atomic E-state index is -0.439. The van der Waals surface area contributed by atoms with Gasteiger partial charge in [0.2, 0.25) is 0 Å². The first kappa shape index (κ1) is 14.5. The maximum Gasteiger partial charge on any atom is 0.278 e. The normalized spacial score (nSPS) is 10.8. The Morgan fingerprint density at radius 1 is 1.18 bits per heavy atom. The van der Waals surface area contributed by atoms with Gasteiger partial charge in [-0.3, -0.25) is 15.1 Å². The van der Waals surface area contributed by atoms with E-state index in [1.54, 1.807) is 42.8 Å². The number of aromatic nitrogens is 1. The molecule has 22 heavy (non-hydrogen) atoms. The average molecular weight is 314 g/mol. The van der Waals surface area contributed by atoms with Crippen molar-refractivity contribution >= 4 is 28.4 Å². The van der Waals surface area contributed by atoms with Crippen LogP contribution in [0.25, 0.3) is 22.0 Å². The summed E-state index contributed by atoms with van der Waals surface area (Å²) in [7, 11) is 0. The molecule has 3 rings (SSSR count). The summed E-state index contributed by atoms with van der Waals surface area (Å²) in [6.45, 7) is 0. The van der Waals surface area contributed by atoms with Crippen LogP contribution < -0.4 is 0 Å². The zero-order chi connectivity index (χ0) is 15.7. The number of halogens is 1. The van der Waals surface area contributed by atoms with Crippen molar-refractivity contribution in [1.82, 2.24) is 4.98 Å². The first-order chi connectivity index (χ1) is 10.6. The van der Waals surface area contributed by atoms with E-state index in [0.29, 0.717) is 26.9 Å². The molecule has 1 heterocycles. The third kappa shape index (κ3) is 2.53. The van der Waals surface area contributed by atoms with Gasteiger partial charge in [0.1, 0.15) is 5.82 Å². The van der Waals surface area contributed by atoms with Crippen LogP contribution in [0.2, 0.25) is 0 Å². The van der Waals surface area contributed by atoms with E-state index in [9.17, 15) is 14.5 Å². The molecule has 0 atom stereocenters. The lowest BCUT2D eigenvalue weighted by Gasteiger charge is -2.06. The lowest BCUT2D eigenvalue weighted by atomic mass is 10.0. The molecule has 0 saturated carbocycles. The van der Waals surface area contributed by atoms with E-state index in [4.69, 9.17) is 0 Å². The topological polar surface area (TPSA) is 56.0 Å². The number of nitro benzene ring substituents is 1. The highest BCUT2D eigenvalue weighted by Gasteiger charge is 2.13. The van der Waals surface area contributed by atoms with Crippen LogP contribution in [0.5, 0.6) is 0 Å². The van der Waals surface area contributed by atoms with Gasteiger partial charge in [-0.1, -0.05) is 12.1 Å². The van der Waals surface area contributed by atoms with E-state index in [1.807, 2.05) is 0 Å². The van der Waals surface area contributed by atoms with E-state index in [-0.39, 0.29) is 11.5 Å². The van der Waals surface area contributed by atoms with E-state index in [0.717, 1.165) is 0 Å². The predicted molar refractivity (Wildman–Crippen MR) is 85.6 cm³/mol. The Morgan fingerprint density at radius 3 is 2.68 bits per heavy atom. The van der Waals surface area contributed by atoms with E-state index >= 15 is 0 Å². The fourth-order valence-corrected chi connectivity index (χ4v) is 2.75. The fraction of sp³-hybridized carbons (Fsp3) is 0.0625. The smallest absolute Gasteiger partial charge is 0.258 e. The molecule has 110 valence electrons. The summed E-state index contributed by atoms with van der Waals surface area (Å²) < 4.78 is 13.9. The molecule has 6 heteroatoms. The van der Waals surface area contributed by atoms with Crippen molar-refractivity contribution in [2.75, 3.05) is 6.26 Å². The number of nitrogens with zero attached hydrogens (tertiary/aromatic N) is 2. The summed E-state index contributed by atoms with van der Waals surface area (Å²) >= 11 is 1.33. The molecular formula is C16H11FN2O2S. The zero-order valence-electron chi connectivity index (χ0n) is 11.6. The summed E-state index contributed by atoms with van der Waals surface area (Å²) in [4.78, 5) is 15.5. The average Bonchev–Trinajstić information content (AvgIpc) is 2.53. The Hall–Kier alpha value is -2.47. The molecule has 3 aromatic rings. The number of benzene rings is 2. The molecule has 4 nitrogen and oxygen atoms in total. The highest BCUT2D eigenvalue weighted by Crippen LogP contribution is 2.30. The van der Waals surface area contributed by atoms with Gasteiger partial charge >= 0.3 is 0 Å². The first-order valence-corrected chi connectivity index (χ1v) is 7.69. The van der Waals surface area contributed by atoms with Gasteiger partial charge in [0.25, 0.3) is 5.69 Å². The maximum absolute atomic E-state index is 13.9. The fourth-order valence-electron chi connectivity index (χ4n) is 2.30. The van der Waals surface area contributed by atoms with Gasteiger partial charge in [-0.05, 0) is 36.1 Å². The molecule has 0 amide bonds. The number of hydrogen-bond acceptors (Lipinski definition) is 4. The molecule has 0 saturated heterocycles. The molecule has 0 aliphatic rings. The molecule has 0 bridgehead atoms. The summed E-state index contributed by atoms with van der Waals surface area (Å²) in [5.74, 6) is -0.312. The van der Waals surface area contributed by atoms with Crippen LogP contribution >= 0.6 is 11.8 Å². The Kier molecular flexibility index (Phi) is 3.77. The van der Waals surface area contributed by atoms with Crippen LogP contribution in [0, 0.1) is 15.9 Å². The summed E-state index contributed by atoms with van der Waals surface area (Å²) in [6, 6.07) is 11.3. The standard InChI is InChI=1S/C16H11FN2O2S/c1-22-16-6-5-10(8-13(16)17)11-7-12-14(18-9-11)3-2-4-15(12)19(20)21/h2-9H,1H3. The van der Waals surface area contributed by atoms with Crippen molar-refractivity contribution in [2.45, 2.75) is 4.90 Å². The monoisotopic (exact) mass is 314 g/mol. The third-order valence-electron chi connectivity index (χ3n) is 3.38. The van der Waals surface area contributed by atoms with Crippen molar-refractivity contribution < 1.29 is 9.31 Å². The van der Waals surface area contributed by atoms with Gasteiger partial charge in [-0.15, -0.1) is 11.8 Å². The Bertz CT molecular complexity index is 883. The number of thioether (sulfide) groups is 1. The summed E-state index contributed by atoms with van der Waals surface area (Å²) in [5.41, 5.74) is 1.82. The van der Waals surface area contributed by atoms with Crippen LogP contribution in [-0.2, 0) is 0 Å². The van der Waals surface area contributed by atoms with Crippen molar-refractivity contribution in [3.8, 4) is 11.1 Å². The Morgan fingerprint density at radius 2 is 2.00 bits per heavy atom. The van der Waals surface area contributed by atoms with E-state index in [1.165, 1.54) is 23.9 Å². The molecule has 1 aromatic heterocycles. The zero-order valence-corrected chi connectivity index (χ0v) is 12.4. The Labute approximate surface area is 130 Å². The second kappa shape index (κ2) is 5.73. The summed E-state index contributed by atoms with van der Waals surface area (Å²) in [6.07, 6.45) is 3.40. The highest BCUT2D eigenvalue weighted by molar-refractivity contribution is 7.98. The Balaban J connectivity index is 2.18. The molecule has 0 aliphatic heterocycles. The number of fused-ring (bicyclic) bond motifs is 1. The number of hydrogen-bond donors (Lipinski definition) is 0. The molecule has 0 aliphatic carbocycles. The van der Waals surface area contributed by atoms with Crippen molar-refractivity contribution in [2.24, 2.45) is 0 Å². The molecule has 0 fully saturated rings. The molecule has 0 unspecified atom stereocenters. The van der Waals surface area contributed by atoms with Crippen molar-refractivity contribution in [1.29, 1.82) is 0 Å². The largest absolute Gasteiger partial charge is 0.278 e. The van der Waals surface area contributed by atoms with Crippen molar-refractivity contribution in [3.63, 3.8) is 0 Å². The second-order valence-electron chi connectivity index (χ2n) is 4.67. The lowest BCUT2D eigenvalue weighted by Crippen LogP contribution is -1.91. The van der Waals surface area contributed by atoms with Crippen LogP contribution in [0.15, 0.2) is 53.6 Å². The molecule has 0 N–H and O–H groups in total. The number of rotatable bonds is 3. The molecule has 0 radical (unpaired) electrons. The first-order valence-electron chi connectivity index (χ1n) is 6.47. The van der Waals surface area contributed by atoms with E-state index in [2.05, 4.69) is 4.98 Å². The minimum Gasteiger partial charge on any atom is -0.258 e. The van der Waals surface area contributed by atoms with Crippen LogP contribution in [0.4, 0.5) is 10.1 Å². The van der Waals surface area contributed by atoms with Crippen LogP contribution in [0.3, 0.4) is 0 Å². The third-order valence-corrected chi connectivity index (χ3v) is 4.16. The van der Waals surface area contributed by atoms with Gasteiger partial charge in [-0.2, -0.15) is 0 Å².